The summed E-state index contributed by atoms with van der Waals surface area (Å²) in [7, 11) is 0. The molecule has 90 valence electrons. The molecule has 16 heavy (non-hydrogen) atoms. The number of carbonyl (C=O) groups excluding carboxylic acids is 1. The Balaban J connectivity index is 2.15. The smallest absolute Gasteiger partial charge is 0.302 e. The van der Waals surface area contributed by atoms with Gasteiger partial charge in [0.05, 0.1) is 0 Å². The Morgan fingerprint density at radius 3 is 2.75 bits per heavy atom. The number of ether oxygens (including phenoxy) is 1. The van der Waals surface area contributed by atoms with Crippen molar-refractivity contribution in [2.24, 2.45) is 23.2 Å². The molecular formula is C14H22O2. The van der Waals surface area contributed by atoms with Crippen molar-refractivity contribution < 1.29 is 9.53 Å². The minimum atomic E-state index is -0.166. The van der Waals surface area contributed by atoms with Crippen molar-refractivity contribution in [3.05, 3.63) is 11.6 Å². The summed E-state index contributed by atoms with van der Waals surface area (Å²) < 4.78 is 5.37. The maximum Gasteiger partial charge on any atom is 0.302 e. The van der Waals surface area contributed by atoms with E-state index >= 15 is 0 Å². The standard InChI is InChI=1S/C14H22O2/c1-8-6-7-11-13(14(11,4)5)12(8)9(2)16-10(3)15/h6,9,11-13H,7H2,1-5H3/t9-,11+,12-,13-/m0/s1. The highest BCUT2D eigenvalue weighted by Gasteiger charge is 2.62. The lowest BCUT2D eigenvalue weighted by molar-refractivity contribution is -0.147. The summed E-state index contributed by atoms with van der Waals surface area (Å²) in [5.41, 5.74) is 1.83. The average molecular weight is 222 g/mol. The highest BCUT2D eigenvalue weighted by Crippen LogP contribution is 2.67. The maximum atomic E-state index is 11.0. The van der Waals surface area contributed by atoms with E-state index in [0.717, 1.165) is 5.92 Å². The van der Waals surface area contributed by atoms with Gasteiger partial charge in [-0.15, -0.1) is 0 Å². The zero-order valence-corrected chi connectivity index (χ0v) is 10.9. The zero-order valence-electron chi connectivity index (χ0n) is 10.9. The van der Waals surface area contributed by atoms with Gasteiger partial charge in [-0.2, -0.15) is 0 Å². The molecule has 2 nitrogen and oxygen atoms in total. The van der Waals surface area contributed by atoms with Crippen LogP contribution in [0, 0.1) is 23.2 Å². The van der Waals surface area contributed by atoms with Crippen LogP contribution in [0.4, 0.5) is 0 Å². The number of fused-ring (bicyclic) bond motifs is 1. The van der Waals surface area contributed by atoms with Gasteiger partial charge in [-0.1, -0.05) is 25.5 Å². The molecule has 0 aromatic carbocycles. The zero-order chi connectivity index (χ0) is 12.1. The maximum absolute atomic E-state index is 11.0. The third-order valence-electron chi connectivity index (χ3n) is 4.60. The largest absolute Gasteiger partial charge is 0.462 e. The highest BCUT2D eigenvalue weighted by molar-refractivity contribution is 5.66. The molecule has 0 saturated heterocycles. The fourth-order valence-corrected chi connectivity index (χ4v) is 3.68. The minimum absolute atomic E-state index is 0.0170. The van der Waals surface area contributed by atoms with Gasteiger partial charge in [-0.3, -0.25) is 4.79 Å². The first kappa shape index (κ1) is 11.7. The number of allylic oxidation sites excluding steroid dienone is 1. The molecule has 0 unspecified atom stereocenters. The molecule has 2 rings (SSSR count). The molecular weight excluding hydrogens is 200 g/mol. The number of hydrogen-bond donors (Lipinski definition) is 0. The molecule has 0 amide bonds. The molecule has 0 spiro atoms. The molecule has 0 bridgehead atoms. The van der Waals surface area contributed by atoms with Gasteiger partial charge in [0.1, 0.15) is 6.10 Å². The third-order valence-corrected chi connectivity index (χ3v) is 4.60. The topological polar surface area (TPSA) is 26.3 Å². The van der Waals surface area contributed by atoms with Gasteiger partial charge in [0.2, 0.25) is 0 Å². The van der Waals surface area contributed by atoms with Crippen LogP contribution < -0.4 is 0 Å². The summed E-state index contributed by atoms with van der Waals surface area (Å²) in [6, 6.07) is 0. The van der Waals surface area contributed by atoms with Crippen LogP contribution >= 0.6 is 0 Å². The SMILES string of the molecule is CC(=O)O[C@@H](C)[C@@H]1C(C)=CC[C@@H]2[C@@H]1C2(C)C. The van der Waals surface area contributed by atoms with Gasteiger partial charge in [-0.25, -0.2) is 0 Å². The Labute approximate surface area is 98.1 Å². The molecule has 2 heteroatoms. The summed E-state index contributed by atoms with van der Waals surface area (Å²) in [4.78, 5) is 11.0. The quantitative estimate of drug-likeness (QED) is 0.530. The lowest BCUT2D eigenvalue weighted by atomic mass is 9.83. The second-order valence-corrected chi connectivity index (χ2v) is 5.98. The molecule has 0 heterocycles. The second-order valence-electron chi connectivity index (χ2n) is 5.98. The van der Waals surface area contributed by atoms with Crippen LogP contribution in [-0.2, 0) is 9.53 Å². The minimum Gasteiger partial charge on any atom is -0.462 e. The van der Waals surface area contributed by atoms with Crippen molar-refractivity contribution in [2.75, 3.05) is 0 Å². The van der Waals surface area contributed by atoms with Crippen molar-refractivity contribution in [1.29, 1.82) is 0 Å². The summed E-state index contributed by atoms with van der Waals surface area (Å²) in [5, 5.41) is 0. The van der Waals surface area contributed by atoms with Crippen LogP contribution in [0.25, 0.3) is 0 Å². The average Bonchev–Trinajstić information content (AvgIpc) is 2.67. The van der Waals surface area contributed by atoms with E-state index < -0.39 is 0 Å². The molecule has 0 aromatic heterocycles. The van der Waals surface area contributed by atoms with E-state index in [0.29, 0.717) is 17.3 Å². The lowest BCUT2D eigenvalue weighted by Crippen LogP contribution is -2.28. The monoisotopic (exact) mass is 222 g/mol. The van der Waals surface area contributed by atoms with Crippen molar-refractivity contribution in [1.82, 2.24) is 0 Å². The molecule has 1 fully saturated rings. The van der Waals surface area contributed by atoms with Crippen LogP contribution in [0.5, 0.6) is 0 Å². The Bertz CT molecular complexity index is 341. The molecule has 0 radical (unpaired) electrons. The van der Waals surface area contributed by atoms with Gasteiger partial charge < -0.3 is 4.74 Å². The third kappa shape index (κ3) is 1.68. The van der Waals surface area contributed by atoms with Crippen molar-refractivity contribution in [2.45, 2.75) is 47.1 Å². The van der Waals surface area contributed by atoms with Crippen molar-refractivity contribution in [3.8, 4) is 0 Å². The summed E-state index contributed by atoms with van der Waals surface area (Å²) in [6.07, 6.45) is 3.55. The van der Waals surface area contributed by atoms with Crippen LogP contribution in [0.3, 0.4) is 0 Å². The van der Waals surface area contributed by atoms with Gasteiger partial charge in [0.15, 0.2) is 0 Å². The van der Waals surface area contributed by atoms with Crippen molar-refractivity contribution >= 4 is 5.97 Å². The Hall–Kier alpha value is -0.790. The first-order chi connectivity index (χ1) is 7.35. The first-order valence-corrected chi connectivity index (χ1v) is 6.19. The Morgan fingerprint density at radius 2 is 2.19 bits per heavy atom. The molecule has 0 aliphatic heterocycles. The summed E-state index contributed by atoms with van der Waals surface area (Å²) in [6.45, 7) is 10.4. The normalized spacial score (nSPS) is 37.1. The van der Waals surface area contributed by atoms with Crippen LogP contribution in [0.2, 0.25) is 0 Å². The van der Waals surface area contributed by atoms with E-state index in [-0.39, 0.29) is 12.1 Å². The fourth-order valence-electron chi connectivity index (χ4n) is 3.68. The van der Waals surface area contributed by atoms with E-state index in [1.54, 1.807) is 0 Å². The molecule has 1 saturated carbocycles. The van der Waals surface area contributed by atoms with Crippen LogP contribution in [-0.4, -0.2) is 12.1 Å². The number of hydrogen-bond acceptors (Lipinski definition) is 2. The van der Waals surface area contributed by atoms with Gasteiger partial charge >= 0.3 is 5.97 Å². The van der Waals surface area contributed by atoms with Gasteiger partial charge in [0.25, 0.3) is 0 Å². The van der Waals surface area contributed by atoms with E-state index in [2.05, 4.69) is 26.8 Å². The molecule has 2 aliphatic rings. The number of carbonyl (C=O) groups is 1. The van der Waals surface area contributed by atoms with Crippen LogP contribution in [0.15, 0.2) is 11.6 Å². The van der Waals surface area contributed by atoms with Gasteiger partial charge in [0, 0.05) is 12.8 Å². The van der Waals surface area contributed by atoms with E-state index in [1.165, 1.54) is 18.9 Å². The predicted octanol–water partition coefficient (Wildman–Crippen LogP) is 3.18. The predicted molar refractivity (Wildman–Crippen MR) is 63.9 cm³/mol. The van der Waals surface area contributed by atoms with E-state index in [9.17, 15) is 4.79 Å². The Kier molecular flexibility index (Phi) is 2.64. The highest BCUT2D eigenvalue weighted by atomic mass is 16.5. The summed E-state index contributed by atoms with van der Waals surface area (Å²) in [5.74, 6) is 1.75. The fraction of sp³-hybridized carbons (Fsp3) is 0.786. The molecule has 0 aromatic rings. The second kappa shape index (κ2) is 3.61. The first-order valence-electron chi connectivity index (χ1n) is 6.19. The Morgan fingerprint density at radius 1 is 1.56 bits per heavy atom. The molecule has 4 atom stereocenters. The number of rotatable bonds is 2. The van der Waals surface area contributed by atoms with Crippen molar-refractivity contribution in [3.63, 3.8) is 0 Å². The van der Waals surface area contributed by atoms with E-state index in [4.69, 9.17) is 4.74 Å². The number of esters is 1. The van der Waals surface area contributed by atoms with Crippen LogP contribution in [0.1, 0.15) is 41.0 Å². The molecule has 2 aliphatic carbocycles. The molecule has 0 N–H and O–H groups in total. The summed E-state index contributed by atoms with van der Waals surface area (Å²) >= 11 is 0. The van der Waals surface area contributed by atoms with E-state index in [1.807, 2.05) is 6.92 Å². The van der Waals surface area contributed by atoms with Gasteiger partial charge in [-0.05, 0) is 37.5 Å². The lowest BCUT2D eigenvalue weighted by Gasteiger charge is -2.28.